The van der Waals surface area contributed by atoms with E-state index in [2.05, 4.69) is 74.4 Å². The molecule has 0 N–H and O–H groups in total. The highest BCUT2D eigenvalue weighted by Gasteiger charge is 2.15. The summed E-state index contributed by atoms with van der Waals surface area (Å²) in [5, 5.41) is 0. The van der Waals surface area contributed by atoms with Crippen molar-refractivity contribution in [3.05, 3.63) is 40.6 Å². The lowest BCUT2D eigenvalue weighted by molar-refractivity contribution is 0.627. The highest BCUT2D eigenvalue weighted by atomic mass is 14.8. The molecule has 0 unspecified atom stereocenters. The standard InChI is InChI=1S/C20H29N3.C3H8.2C2H6/c1-8-17-16(9-10-18(23-17)13(4)5)20-15(7)21-19(11-12(2)3)14(6)22-20;1-3-2;2*1-2/h9-10,12-13H,8,11H2,1-7H3;3H2,1-2H3;2*1-2H3. The molecule has 0 saturated heterocycles. The maximum Gasteiger partial charge on any atom is 0.0936 e. The van der Waals surface area contributed by atoms with Gasteiger partial charge in [0.2, 0.25) is 0 Å². The second-order valence-electron chi connectivity index (χ2n) is 7.73. The summed E-state index contributed by atoms with van der Waals surface area (Å²) in [6.07, 6.45) is 3.13. The summed E-state index contributed by atoms with van der Waals surface area (Å²) in [6, 6.07) is 4.29. The molecule has 0 bridgehead atoms. The van der Waals surface area contributed by atoms with Crippen LogP contribution >= 0.6 is 0 Å². The molecular weight excluding hydrogens is 366 g/mol. The second kappa shape index (κ2) is 17.0. The van der Waals surface area contributed by atoms with Crippen LogP contribution in [-0.2, 0) is 12.8 Å². The summed E-state index contributed by atoms with van der Waals surface area (Å²) in [5.74, 6) is 1.03. The summed E-state index contributed by atoms with van der Waals surface area (Å²) in [4.78, 5) is 14.5. The number of rotatable bonds is 5. The Labute approximate surface area is 188 Å². The van der Waals surface area contributed by atoms with Crippen LogP contribution in [0.3, 0.4) is 0 Å². The SMILES string of the molecule is CC.CC.CCC.CCc1nc(C(C)C)ccc1-c1nc(C)c(CC(C)C)nc1C. The maximum absolute atomic E-state index is 4.88. The highest BCUT2D eigenvalue weighted by molar-refractivity contribution is 5.64. The molecule has 2 aromatic rings. The third-order valence-corrected chi connectivity index (χ3v) is 4.12. The molecule has 2 rings (SSSR count). The molecule has 0 aliphatic heterocycles. The Kier molecular flexibility index (Phi) is 17.2. The molecule has 0 radical (unpaired) electrons. The molecule has 0 fully saturated rings. The first-order valence-corrected chi connectivity index (χ1v) is 12.1. The molecular formula is C27H49N3. The van der Waals surface area contributed by atoms with E-state index in [0.717, 1.165) is 52.6 Å². The normalized spacial score (nSPS) is 9.83. The first-order chi connectivity index (χ1) is 14.2. The Morgan fingerprint density at radius 3 is 1.70 bits per heavy atom. The van der Waals surface area contributed by atoms with Crippen molar-refractivity contribution in [2.24, 2.45) is 5.92 Å². The summed E-state index contributed by atoms with van der Waals surface area (Å²) < 4.78 is 0. The summed E-state index contributed by atoms with van der Waals surface area (Å²) >= 11 is 0. The van der Waals surface area contributed by atoms with Crippen LogP contribution in [0.5, 0.6) is 0 Å². The van der Waals surface area contributed by atoms with Gasteiger partial charge in [-0.3, -0.25) is 9.97 Å². The predicted molar refractivity (Wildman–Crippen MR) is 135 cm³/mol. The van der Waals surface area contributed by atoms with E-state index in [-0.39, 0.29) is 0 Å². The average Bonchev–Trinajstić information content (AvgIpc) is 2.73. The van der Waals surface area contributed by atoms with Crippen molar-refractivity contribution in [2.45, 2.75) is 115 Å². The quantitative estimate of drug-likeness (QED) is 0.491. The molecule has 2 heterocycles. The van der Waals surface area contributed by atoms with Crippen LogP contribution < -0.4 is 0 Å². The van der Waals surface area contributed by atoms with Gasteiger partial charge in [-0.2, -0.15) is 0 Å². The van der Waals surface area contributed by atoms with Crippen LogP contribution in [0.25, 0.3) is 11.3 Å². The van der Waals surface area contributed by atoms with Gasteiger partial charge in [0, 0.05) is 17.0 Å². The molecule has 0 saturated carbocycles. The molecule has 30 heavy (non-hydrogen) atoms. The monoisotopic (exact) mass is 415 g/mol. The lowest BCUT2D eigenvalue weighted by atomic mass is 10.0. The van der Waals surface area contributed by atoms with Crippen molar-refractivity contribution in [2.75, 3.05) is 0 Å². The Morgan fingerprint density at radius 2 is 1.27 bits per heavy atom. The summed E-state index contributed by atoms with van der Waals surface area (Å²) in [5.41, 5.74) is 7.52. The van der Waals surface area contributed by atoms with Gasteiger partial charge in [0.1, 0.15) is 0 Å². The third kappa shape index (κ3) is 9.82. The molecule has 0 aliphatic rings. The van der Waals surface area contributed by atoms with E-state index in [1.54, 1.807) is 0 Å². The minimum atomic E-state index is 0.441. The lowest BCUT2D eigenvalue weighted by Gasteiger charge is -2.15. The number of pyridine rings is 1. The van der Waals surface area contributed by atoms with Crippen LogP contribution in [-0.4, -0.2) is 15.0 Å². The molecule has 0 aliphatic carbocycles. The van der Waals surface area contributed by atoms with Crippen LogP contribution in [0.2, 0.25) is 0 Å². The molecule has 0 amide bonds. The lowest BCUT2D eigenvalue weighted by Crippen LogP contribution is -2.07. The van der Waals surface area contributed by atoms with Crippen LogP contribution in [0, 0.1) is 19.8 Å². The van der Waals surface area contributed by atoms with Crippen molar-refractivity contribution in [3.8, 4) is 11.3 Å². The molecule has 172 valence electrons. The fraction of sp³-hybridized carbons (Fsp3) is 0.667. The van der Waals surface area contributed by atoms with Gasteiger partial charge in [0.15, 0.2) is 0 Å². The number of hydrogen-bond acceptors (Lipinski definition) is 3. The van der Waals surface area contributed by atoms with Crippen molar-refractivity contribution < 1.29 is 0 Å². The van der Waals surface area contributed by atoms with E-state index in [0.29, 0.717) is 11.8 Å². The Hall–Kier alpha value is -1.77. The van der Waals surface area contributed by atoms with Gasteiger partial charge in [-0.1, -0.05) is 82.6 Å². The summed E-state index contributed by atoms with van der Waals surface area (Å²) in [6.45, 7) is 27.3. The number of nitrogens with zero attached hydrogens (tertiary/aromatic N) is 3. The smallest absolute Gasteiger partial charge is 0.0936 e. The number of aromatic nitrogens is 3. The van der Waals surface area contributed by atoms with E-state index in [1.165, 1.54) is 6.42 Å². The molecule has 0 aromatic carbocycles. The van der Waals surface area contributed by atoms with Gasteiger partial charge < -0.3 is 0 Å². The van der Waals surface area contributed by atoms with Crippen LogP contribution in [0.15, 0.2) is 12.1 Å². The number of hydrogen-bond donors (Lipinski definition) is 0. The molecule has 3 nitrogen and oxygen atoms in total. The van der Waals surface area contributed by atoms with E-state index < -0.39 is 0 Å². The van der Waals surface area contributed by atoms with Gasteiger partial charge >= 0.3 is 0 Å². The van der Waals surface area contributed by atoms with Crippen molar-refractivity contribution >= 4 is 0 Å². The van der Waals surface area contributed by atoms with Crippen LogP contribution in [0.1, 0.15) is 117 Å². The van der Waals surface area contributed by atoms with E-state index in [1.807, 2.05) is 27.7 Å². The average molecular weight is 416 g/mol. The van der Waals surface area contributed by atoms with Crippen molar-refractivity contribution in [1.29, 1.82) is 0 Å². The van der Waals surface area contributed by atoms with E-state index in [4.69, 9.17) is 15.0 Å². The van der Waals surface area contributed by atoms with Gasteiger partial charge in [-0.05, 0) is 50.7 Å². The zero-order valence-electron chi connectivity index (χ0n) is 22.3. The molecule has 0 spiro atoms. The van der Waals surface area contributed by atoms with Gasteiger partial charge in [0.25, 0.3) is 0 Å². The summed E-state index contributed by atoms with van der Waals surface area (Å²) in [7, 11) is 0. The fourth-order valence-corrected chi connectivity index (χ4v) is 2.81. The predicted octanol–water partition coefficient (Wildman–Crippen LogP) is 8.51. The highest BCUT2D eigenvalue weighted by Crippen LogP contribution is 2.27. The van der Waals surface area contributed by atoms with Crippen molar-refractivity contribution in [3.63, 3.8) is 0 Å². The second-order valence-corrected chi connectivity index (χ2v) is 7.73. The van der Waals surface area contributed by atoms with Gasteiger partial charge in [0.05, 0.1) is 22.8 Å². The van der Waals surface area contributed by atoms with Gasteiger partial charge in [-0.15, -0.1) is 0 Å². The zero-order chi connectivity index (χ0) is 23.9. The topological polar surface area (TPSA) is 38.7 Å². The van der Waals surface area contributed by atoms with Gasteiger partial charge in [-0.25, -0.2) is 4.98 Å². The third-order valence-electron chi connectivity index (χ3n) is 4.12. The Morgan fingerprint density at radius 1 is 0.733 bits per heavy atom. The Balaban J connectivity index is 0. The van der Waals surface area contributed by atoms with E-state index in [9.17, 15) is 0 Å². The minimum Gasteiger partial charge on any atom is -0.257 e. The first kappa shape index (κ1) is 30.4. The fourth-order valence-electron chi connectivity index (χ4n) is 2.81. The molecule has 2 aromatic heterocycles. The number of aryl methyl sites for hydroxylation is 3. The minimum absolute atomic E-state index is 0.441. The van der Waals surface area contributed by atoms with Crippen molar-refractivity contribution in [1.82, 2.24) is 15.0 Å². The zero-order valence-corrected chi connectivity index (χ0v) is 22.3. The van der Waals surface area contributed by atoms with E-state index >= 15 is 0 Å². The maximum atomic E-state index is 4.88. The molecule has 0 atom stereocenters. The van der Waals surface area contributed by atoms with Crippen LogP contribution in [0.4, 0.5) is 0 Å². The first-order valence-electron chi connectivity index (χ1n) is 12.1. The largest absolute Gasteiger partial charge is 0.257 e. The Bertz CT molecular complexity index is 703. The molecule has 3 heteroatoms.